The number of benzene rings is 1. The number of fused-ring (bicyclic) bond motifs is 1. The van der Waals surface area contributed by atoms with Gasteiger partial charge in [0.15, 0.2) is 0 Å². The summed E-state index contributed by atoms with van der Waals surface area (Å²) in [4.78, 5) is 26.1. The Morgan fingerprint density at radius 2 is 1.70 bits per heavy atom. The second-order valence-corrected chi connectivity index (χ2v) is 9.95. The molecule has 0 saturated carbocycles. The van der Waals surface area contributed by atoms with Crippen molar-refractivity contribution >= 4 is 57.7 Å². The molecule has 0 unspecified atom stereocenters. The topological polar surface area (TPSA) is 171 Å². The van der Waals surface area contributed by atoms with Gasteiger partial charge in [0, 0.05) is 27.6 Å². The average molecular weight is 596 g/mol. The van der Waals surface area contributed by atoms with Crippen LogP contribution in [0.2, 0.25) is 5.02 Å². The van der Waals surface area contributed by atoms with Crippen molar-refractivity contribution in [3.05, 3.63) is 50.9 Å². The molecule has 1 amide bonds. The molecule has 1 aliphatic heterocycles. The van der Waals surface area contributed by atoms with Crippen LogP contribution >= 0.6 is 22.9 Å². The van der Waals surface area contributed by atoms with E-state index >= 15 is 0 Å². The van der Waals surface area contributed by atoms with E-state index in [1.54, 1.807) is 23.2 Å². The number of primary amides is 1. The number of carbonyl (C=O) groups is 2. The monoisotopic (exact) mass is 595 g/mol. The van der Waals surface area contributed by atoms with Gasteiger partial charge in [0.2, 0.25) is 6.41 Å². The first-order valence-corrected chi connectivity index (χ1v) is 13.7. The average Bonchev–Trinajstić information content (AvgIpc) is 3.09. The largest absolute Gasteiger partial charge is 0.480 e. The van der Waals surface area contributed by atoms with Crippen LogP contribution in [0.4, 0.5) is 5.00 Å². The third-order valence-corrected chi connectivity index (χ3v) is 6.68. The highest BCUT2D eigenvalue weighted by atomic mass is 35.5. The van der Waals surface area contributed by atoms with E-state index in [9.17, 15) is 4.79 Å². The van der Waals surface area contributed by atoms with Crippen molar-refractivity contribution in [1.82, 2.24) is 0 Å². The summed E-state index contributed by atoms with van der Waals surface area (Å²) in [6, 6.07) is 7.61. The Kier molecular flexibility index (Phi) is 16.6. The molecule has 0 bridgehead atoms. The van der Waals surface area contributed by atoms with Crippen molar-refractivity contribution in [2.24, 2.45) is 10.7 Å². The minimum atomic E-state index is -0.962. The summed E-state index contributed by atoms with van der Waals surface area (Å²) in [6.07, 6.45) is 1.25. The number of carboxylic acids is 1. The zero-order chi connectivity index (χ0) is 30.1. The van der Waals surface area contributed by atoms with Crippen molar-refractivity contribution in [2.45, 2.75) is 34.1 Å². The second kappa shape index (κ2) is 19.0. The molecule has 0 atom stereocenters. The lowest BCUT2D eigenvalue weighted by atomic mass is 10.00. The van der Waals surface area contributed by atoms with Gasteiger partial charge in [0.25, 0.3) is 0 Å². The lowest BCUT2D eigenvalue weighted by Crippen LogP contribution is -2.35. The first-order chi connectivity index (χ1) is 19.1. The molecule has 0 aliphatic carbocycles. The maximum Gasteiger partial charge on any atom is 0.329 e. The number of nitrogens with two attached hydrogens (primary N) is 1. The highest BCUT2D eigenvalue weighted by Gasteiger charge is 2.28. The molecule has 0 fully saturated rings. The molecule has 0 saturated heterocycles. The third-order valence-electron chi connectivity index (χ3n) is 5.23. The Balaban J connectivity index is 0.000000405. The number of aryl methyl sites for hydroxylation is 1. The Bertz CT molecular complexity index is 1150. The van der Waals surface area contributed by atoms with Crippen LogP contribution in [0.5, 0.6) is 0 Å². The van der Waals surface area contributed by atoms with Crippen LogP contribution in [0.25, 0.3) is 0 Å². The minimum Gasteiger partial charge on any atom is -0.480 e. The summed E-state index contributed by atoms with van der Waals surface area (Å²) in [7, 11) is 0. The number of halogens is 1. The van der Waals surface area contributed by atoms with E-state index in [2.05, 4.69) is 24.6 Å². The summed E-state index contributed by atoms with van der Waals surface area (Å²) in [5.74, 6) is -0.301. The van der Waals surface area contributed by atoms with Gasteiger partial charge < -0.3 is 25.1 Å². The van der Waals surface area contributed by atoms with Gasteiger partial charge in [-0.1, -0.05) is 30.7 Å². The van der Waals surface area contributed by atoms with Gasteiger partial charge in [-0.2, -0.15) is 0 Å². The molecule has 0 spiro atoms. The van der Waals surface area contributed by atoms with Crippen molar-refractivity contribution in [3.63, 3.8) is 0 Å². The number of hydrogen-bond donors (Lipinski definition) is 4. The Labute approximate surface area is 243 Å². The van der Waals surface area contributed by atoms with Crippen LogP contribution < -0.4 is 10.6 Å². The SMILES string of the molecule is CC(=N)N1C(=N)CN=C(c2ccc(Cl)cc2)c2c1sc(C)c2C.CCCOCCOCCOCC(=O)O.NC=O. The molecule has 13 heteroatoms. The highest BCUT2D eigenvalue weighted by Crippen LogP contribution is 2.39. The Hall–Kier alpha value is -3.16. The predicted molar refractivity (Wildman–Crippen MR) is 160 cm³/mol. The predicted octanol–water partition coefficient (Wildman–Crippen LogP) is 4.28. The number of nitrogens with zero attached hydrogens (tertiary/aromatic N) is 2. The molecule has 0 radical (unpaired) electrons. The summed E-state index contributed by atoms with van der Waals surface area (Å²) < 4.78 is 15.0. The molecule has 40 heavy (non-hydrogen) atoms. The lowest BCUT2D eigenvalue weighted by Gasteiger charge is -2.21. The number of ether oxygens (including phenoxy) is 3. The van der Waals surface area contributed by atoms with Gasteiger partial charge in [0.1, 0.15) is 23.3 Å². The van der Waals surface area contributed by atoms with E-state index < -0.39 is 5.97 Å². The fraction of sp³-hybridized carbons (Fsp3) is 0.444. The standard InChI is InChI=1S/C17H17ClN4S.C9H18O5.CH3NO/c1-9-10(2)23-17-15(9)16(12-4-6-13(18)7-5-12)21-8-14(20)22(17)11(3)19;1-2-3-12-4-5-13-6-7-14-8-9(10)11;2-1-3/h4-7,19-20H,8H2,1-3H3;2-8H2,1H3,(H,10,11);1H,(H2,2,3). The summed E-state index contributed by atoms with van der Waals surface area (Å²) in [5, 5.41) is 26.1. The molecule has 2 aromatic rings. The van der Waals surface area contributed by atoms with Gasteiger partial charge >= 0.3 is 5.97 Å². The Morgan fingerprint density at radius 1 is 1.15 bits per heavy atom. The number of nitrogens with one attached hydrogen (secondary N) is 2. The van der Waals surface area contributed by atoms with Gasteiger partial charge in [-0.3, -0.25) is 25.5 Å². The van der Waals surface area contributed by atoms with Crippen LogP contribution in [-0.4, -0.2) is 81.1 Å². The van der Waals surface area contributed by atoms with Gasteiger partial charge in [0.05, 0.1) is 38.7 Å². The molecule has 1 aromatic heterocycles. The molecular weight excluding hydrogens is 558 g/mol. The van der Waals surface area contributed by atoms with E-state index in [0.29, 0.717) is 43.1 Å². The van der Waals surface area contributed by atoms with Crippen molar-refractivity contribution in [2.75, 3.05) is 51.1 Å². The van der Waals surface area contributed by atoms with Crippen LogP contribution in [0, 0.1) is 24.7 Å². The molecule has 11 nitrogen and oxygen atoms in total. The summed E-state index contributed by atoms with van der Waals surface area (Å²) in [6.45, 7) is 10.4. The highest BCUT2D eigenvalue weighted by molar-refractivity contribution is 7.17. The molecule has 2 heterocycles. The number of thiophene rings is 1. The van der Waals surface area contributed by atoms with E-state index in [1.807, 2.05) is 31.2 Å². The van der Waals surface area contributed by atoms with E-state index in [1.165, 1.54) is 4.88 Å². The third kappa shape index (κ3) is 11.5. The molecule has 3 rings (SSSR count). The van der Waals surface area contributed by atoms with Crippen LogP contribution in [0.1, 0.15) is 41.8 Å². The van der Waals surface area contributed by atoms with Crippen LogP contribution in [0.3, 0.4) is 0 Å². The number of carbonyl (C=O) groups excluding carboxylic acids is 1. The van der Waals surface area contributed by atoms with E-state index in [-0.39, 0.29) is 19.6 Å². The zero-order valence-corrected chi connectivity index (χ0v) is 24.9. The van der Waals surface area contributed by atoms with Crippen molar-refractivity contribution < 1.29 is 28.9 Å². The van der Waals surface area contributed by atoms with E-state index in [0.717, 1.165) is 40.4 Å². The van der Waals surface area contributed by atoms with Gasteiger partial charge in [-0.15, -0.1) is 11.3 Å². The summed E-state index contributed by atoms with van der Waals surface area (Å²) in [5.41, 5.74) is 8.18. The number of rotatable bonds is 11. The van der Waals surface area contributed by atoms with E-state index in [4.69, 9.17) is 46.5 Å². The number of hydrogen-bond acceptors (Lipinski definition) is 9. The Morgan fingerprint density at radius 3 is 2.23 bits per heavy atom. The van der Waals surface area contributed by atoms with Gasteiger partial charge in [-0.05, 0) is 44.9 Å². The number of aliphatic carboxylic acids is 1. The van der Waals surface area contributed by atoms with Crippen LogP contribution in [-0.2, 0) is 23.8 Å². The molecule has 220 valence electrons. The number of carboxylic acid groups (broad SMARTS) is 1. The smallest absolute Gasteiger partial charge is 0.329 e. The quantitative estimate of drug-likeness (QED) is 0.130. The first-order valence-electron chi connectivity index (χ1n) is 12.5. The fourth-order valence-corrected chi connectivity index (χ4v) is 4.77. The van der Waals surface area contributed by atoms with Crippen molar-refractivity contribution in [1.29, 1.82) is 10.8 Å². The molecular formula is C27H38ClN5O6S. The summed E-state index contributed by atoms with van der Waals surface area (Å²) >= 11 is 7.61. The number of aliphatic imine (C=N–C) groups is 1. The maximum absolute atomic E-state index is 10.0. The number of amides is 1. The fourth-order valence-electron chi connectivity index (χ4n) is 3.41. The van der Waals surface area contributed by atoms with Crippen LogP contribution in [0.15, 0.2) is 29.3 Å². The second-order valence-electron chi connectivity index (χ2n) is 8.31. The zero-order valence-electron chi connectivity index (χ0n) is 23.3. The number of anilines is 1. The first kappa shape index (κ1) is 34.9. The van der Waals surface area contributed by atoms with Crippen molar-refractivity contribution in [3.8, 4) is 0 Å². The maximum atomic E-state index is 10.0. The van der Waals surface area contributed by atoms with Gasteiger partial charge in [-0.25, -0.2) is 4.79 Å². The molecule has 5 N–H and O–H groups in total. The lowest BCUT2D eigenvalue weighted by molar-refractivity contribution is -0.142. The molecule has 1 aliphatic rings. The molecule has 1 aromatic carbocycles. The minimum absolute atomic E-state index is 0.250. The number of amidine groups is 2. The normalized spacial score (nSPS) is 12.2.